The molecule has 1 fully saturated rings. The number of fused-ring (bicyclic) bond motifs is 1. The molecule has 1 heterocycles. The average Bonchev–Trinajstić information content (AvgIpc) is 3.72. The highest BCUT2D eigenvalue weighted by Crippen LogP contribution is 2.44. The largest absolute Gasteiger partial charge is 0.497 e. The van der Waals surface area contributed by atoms with Crippen molar-refractivity contribution >= 4 is 17.7 Å². The van der Waals surface area contributed by atoms with Crippen molar-refractivity contribution in [2.75, 3.05) is 25.7 Å². The molecule has 0 saturated heterocycles. The van der Waals surface area contributed by atoms with E-state index in [2.05, 4.69) is 78.6 Å². The average molecular weight is 468 g/mol. The number of ether oxygens (including phenoxy) is 2. The third-order valence-corrected chi connectivity index (χ3v) is 7.54. The van der Waals surface area contributed by atoms with Gasteiger partial charge in [0.15, 0.2) is 0 Å². The lowest BCUT2D eigenvalue weighted by molar-refractivity contribution is -0.134. The van der Waals surface area contributed by atoms with Crippen molar-refractivity contribution in [3.05, 3.63) is 101 Å². The highest BCUT2D eigenvalue weighted by molar-refractivity contribution is 5.86. The summed E-state index contributed by atoms with van der Waals surface area (Å²) in [5.41, 5.74) is 7.12. The number of carbonyl (C=O) groups is 1. The first-order valence-corrected chi connectivity index (χ1v) is 12.4. The van der Waals surface area contributed by atoms with Gasteiger partial charge >= 0.3 is 5.97 Å². The summed E-state index contributed by atoms with van der Waals surface area (Å²) in [4.78, 5) is 14.0. The van der Waals surface area contributed by atoms with Gasteiger partial charge in [-0.2, -0.15) is 0 Å². The maximum Gasteiger partial charge on any atom is 0.330 e. The van der Waals surface area contributed by atoms with Crippen LogP contribution in [0.3, 0.4) is 0 Å². The summed E-state index contributed by atoms with van der Waals surface area (Å²) in [6.45, 7) is 3.23. The van der Waals surface area contributed by atoms with E-state index >= 15 is 0 Å². The van der Waals surface area contributed by atoms with Crippen LogP contribution in [-0.4, -0.2) is 26.7 Å². The smallest absolute Gasteiger partial charge is 0.330 e. The summed E-state index contributed by atoms with van der Waals surface area (Å²) < 4.78 is 10.2. The van der Waals surface area contributed by atoms with Crippen LogP contribution in [0.25, 0.3) is 6.08 Å². The van der Waals surface area contributed by atoms with E-state index in [0.29, 0.717) is 0 Å². The molecular formula is C31H33NO3. The third kappa shape index (κ3) is 4.70. The van der Waals surface area contributed by atoms with Gasteiger partial charge in [-0.1, -0.05) is 42.5 Å². The third-order valence-electron chi connectivity index (χ3n) is 7.54. The van der Waals surface area contributed by atoms with Gasteiger partial charge in [0, 0.05) is 18.3 Å². The summed E-state index contributed by atoms with van der Waals surface area (Å²) in [6.07, 6.45) is 8.14. The molecule has 1 aliphatic heterocycles. The Kier molecular flexibility index (Phi) is 6.38. The molecule has 2 aliphatic rings. The normalized spacial score (nSPS) is 19.5. The number of hydrogen-bond acceptors (Lipinski definition) is 4. The molecule has 0 bridgehead atoms. The van der Waals surface area contributed by atoms with Gasteiger partial charge in [-0.15, -0.1) is 0 Å². The van der Waals surface area contributed by atoms with E-state index < -0.39 is 0 Å². The van der Waals surface area contributed by atoms with Gasteiger partial charge in [0.05, 0.1) is 19.8 Å². The molecule has 0 spiro atoms. The zero-order valence-electron chi connectivity index (χ0n) is 20.8. The van der Waals surface area contributed by atoms with E-state index in [1.54, 1.807) is 13.2 Å². The van der Waals surface area contributed by atoms with Gasteiger partial charge in [0.1, 0.15) is 5.75 Å². The monoisotopic (exact) mass is 467 g/mol. The van der Waals surface area contributed by atoms with Crippen LogP contribution in [-0.2, 0) is 27.9 Å². The number of rotatable bonds is 7. The SMILES string of the molecule is COC(=O)C=Cc1ccc(C2(C)c3ccc(OC)cc3CCN2c2ccc(CC3CC3)cc2)cc1. The molecule has 5 rings (SSSR count). The van der Waals surface area contributed by atoms with Crippen molar-refractivity contribution in [3.63, 3.8) is 0 Å². The van der Waals surface area contributed by atoms with E-state index in [9.17, 15) is 4.79 Å². The number of esters is 1. The Balaban J connectivity index is 1.53. The van der Waals surface area contributed by atoms with Gasteiger partial charge in [0.25, 0.3) is 0 Å². The second-order valence-electron chi connectivity index (χ2n) is 9.79. The lowest BCUT2D eigenvalue weighted by Crippen LogP contribution is -2.49. The van der Waals surface area contributed by atoms with Crippen LogP contribution in [0.4, 0.5) is 5.69 Å². The second-order valence-corrected chi connectivity index (χ2v) is 9.79. The predicted molar refractivity (Wildman–Crippen MR) is 141 cm³/mol. The number of anilines is 1. The Bertz CT molecular complexity index is 1230. The van der Waals surface area contributed by atoms with Crippen molar-refractivity contribution in [2.45, 2.75) is 38.1 Å². The van der Waals surface area contributed by atoms with Gasteiger partial charge in [0.2, 0.25) is 0 Å². The highest BCUT2D eigenvalue weighted by atomic mass is 16.5. The van der Waals surface area contributed by atoms with E-state index in [4.69, 9.17) is 9.47 Å². The van der Waals surface area contributed by atoms with Crippen LogP contribution in [0.1, 0.15) is 47.6 Å². The maximum absolute atomic E-state index is 11.5. The van der Waals surface area contributed by atoms with Crippen molar-refractivity contribution in [2.24, 2.45) is 5.92 Å². The first kappa shape index (κ1) is 23.2. The van der Waals surface area contributed by atoms with Crippen molar-refractivity contribution in [3.8, 4) is 5.75 Å². The Morgan fingerprint density at radius 3 is 2.43 bits per heavy atom. The number of methoxy groups -OCH3 is 2. The summed E-state index contributed by atoms with van der Waals surface area (Å²) >= 11 is 0. The van der Waals surface area contributed by atoms with Gasteiger partial charge in [-0.25, -0.2) is 4.79 Å². The molecule has 3 aromatic carbocycles. The van der Waals surface area contributed by atoms with E-state index in [1.807, 2.05) is 0 Å². The summed E-state index contributed by atoms with van der Waals surface area (Å²) in [5.74, 6) is 1.43. The Labute approximate surface area is 208 Å². The number of hydrogen-bond donors (Lipinski definition) is 0. The molecule has 0 amide bonds. The Morgan fingerprint density at radius 1 is 1.03 bits per heavy atom. The molecule has 0 radical (unpaired) electrons. The number of benzene rings is 3. The van der Waals surface area contributed by atoms with Crippen molar-refractivity contribution in [1.29, 1.82) is 0 Å². The lowest BCUT2D eigenvalue weighted by Gasteiger charge is -2.48. The van der Waals surface area contributed by atoms with Crippen LogP contribution in [0, 0.1) is 5.92 Å². The molecule has 1 unspecified atom stereocenters. The number of nitrogens with zero attached hydrogens (tertiary/aromatic N) is 1. The molecular weight excluding hydrogens is 434 g/mol. The summed E-state index contributed by atoms with van der Waals surface area (Å²) in [7, 11) is 3.11. The fourth-order valence-corrected chi connectivity index (χ4v) is 5.30. The van der Waals surface area contributed by atoms with Crippen molar-refractivity contribution < 1.29 is 14.3 Å². The molecule has 180 valence electrons. The molecule has 0 aromatic heterocycles. The molecule has 35 heavy (non-hydrogen) atoms. The summed E-state index contributed by atoms with van der Waals surface area (Å²) in [6, 6.07) is 24.1. The second kappa shape index (κ2) is 9.61. The highest BCUT2D eigenvalue weighted by Gasteiger charge is 2.40. The van der Waals surface area contributed by atoms with E-state index in [1.165, 1.54) is 60.4 Å². The Morgan fingerprint density at radius 2 is 1.77 bits per heavy atom. The zero-order valence-corrected chi connectivity index (χ0v) is 20.8. The van der Waals surface area contributed by atoms with Gasteiger partial charge in [-0.05, 0) is 96.7 Å². The predicted octanol–water partition coefficient (Wildman–Crippen LogP) is 6.16. The lowest BCUT2D eigenvalue weighted by atomic mass is 9.76. The van der Waals surface area contributed by atoms with Crippen LogP contribution < -0.4 is 9.64 Å². The van der Waals surface area contributed by atoms with Crippen molar-refractivity contribution in [1.82, 2.24) is 0 Å². The standard InChI is InChI=1S/C31H33NO3/c1-31(26-11-6-22(7-12-26)10-17-30(33)35-3)29-16-15-28(34-2)21-25(29)18-19-32(31)27-13-8-24(9-14-27)20-23-4-5-23/h6-17,21,23H,4-5,18-20H2,1-3H3. The fourth-order valence-electron chi connectivity index (χ4n) is 5.30. The first-order valence-electron chi connectivity index (χ1n) is 12.4. The topological polar surface area (TPSA) is 38.8 Å². The van der Waals surface area contributed by atoms with Crippen LogP contribution in [0.5, 0.6) is 5.75 Å². The van der Waals surface area contributed by atoms with E-state index in [0.717, 1.165) is 30.2 Å². The quantitative estimate of drug-likeness (QED) is 0.308. The first-order chi connectivity index (χ1) is 17.0. The molecule has 1 atom stereocenters. The van der Waals surface area contributed by atoms with Crippen LogP contribution in [0.15, 0.2) is 72.8 Å². The molecule has 0 N–H and O–H groups in total. The number of carbonyl (C=O) groups excluding carboxylic acids is 1. The van der Waals surface area contributed by atoms with Gasteiger partial charge < -0.3 is 14.4 Å². The molecule has 4 nitrogen and oxygen atoms in total. The Hall–Kier alpha value is -3.53. The van der Waals surface area contributed by atoms with E-state index in [-0.39, 0.29) is 11.5 Å². The summed E-state index contributed by atoms with van der Waals surface area (Å²) in [5, 5.41) is 0. The van der Waals surface area contributed by atoms with Crippen LogP contribution >= 0.6 is 0 Å². The van der Waals surface area contributed by atoms with Gasteiger partial charge in [-0.3, -0.25) is 0 Å². The molecule has 4 heteroatoms. The minimum absolute atomic E-state index is 0.345. The fraction of sp³-hybridized carbons (Fsp3) is 0.323. The molecule has 1 aliphatic carbocycles. The zero-order chi connectivity index (χ0) is 24.4. The minimum Gasteiger partial charge on any atom is -0.497 e. The maximum atomic E-state index is 11.5. The molecule has 1 saturated carbocycles. The minimum atomic E-state index is -0.354. The molecule has 3 aromatic rings. The van der Waals surface area contributed by atoms with Crippen LogP contribution in [0.2, 0.25) is 0 Å².